The monoisotopic (exact) mass is 459 g/mol. The summed E-state index contributed by atoms with van der Waals surface area (Å²) in [7, 11) is 1.80. The van der Waals surface area contributed by atoms with Crippen LogP contribution in [0, 0.1) is 12.8 Å². The van der Waals surface area contributed by atoms with Crippen molar-refractivity contribution in [2.75, 3.05) is 37.3 Å². The van der Waals surface area contributed by atoms with E-state index in [1.807, 2.05) is 58.0 Å². The first kappa shape index (κ1) is 24.1. The maximum atomic E-state index is 12.4. The van der Waals surface area contributed by atoms with Crippen LogP contribution in [0.3, 0.4) is 0 Å². The average molecular weight is 460 g/mol. The summed E-state index contributed by atoms with van der Waals surface area (Å²) in [6, 6.07) is 11.2. The van der Waals surface area contributed by atoms with Gasteiger partial charge < -0.3 is 25.0 Å². The van der Waals surface area contributed by atoms with Crippen molar-refractivity contribution in [1.82, 2.24) is 4.90 Å². The molecule has 0 aliphatic carbocycles. The Balaban J connectivity index is 1.74. The molecule has 1 fully saturated rings. The highest BCUT2D eigenvalue weighted by molar-refractivity contribution is 6.32. The average Bonchev–Trinajstić information content (AvgIpc) is 2.71. The highest BCUT2D eigenvalue weighted by atomic mass is 35.5. The van der Waals surface area contributed by atoms with Crippen molar-refractivity contribution in [3.63, 3.8) is 0 Å². The number of carbonyl (C=O) groups is 1. The highest BCUT2D eigenvalue weighted by Crippen LogP contribution is 2.39. The molecule has 1 saturated heterocycles. The molecule has 1 amide bonds. The predicted octanol–water partition coefficient (Wildman–Crippen LogP) is 6.11. The van der Waals surface area contributed by atoms with Gasteiger partial charge in [-0.25, -0.2) is 4.79 Å². The molecule has 0 aromatic heterocycles. The first-order valence-electron chi connectivity index (χ1n) is 11.1. The van der Waals surface area contributed by atoms with Gasteiger partial charge in [0.1, 0.15) is 17.1 Å². The van der Waals surface area contributed by atoms with Crippen LogP contribution in [0.15, 0.2) is 36.4 Å². The molecule has 0 saturated carbocycles. The number of hydrogen-bond donors (Lipinski definition) is 1. The molecule has 2 aromatic carbocycles. The quantitative estimate of drug-likeness (QED) is 0.546. The van der Waals surface area contributed by atoms with E-state index in [0.29, 0.717) is 23.2 Å². The lowest BCUT2D eigenvalue weighted by Crippen LogP contribution is -2.43. The molecule has 0 bridgehead atoms. The van der Waals surface area contributed by atoms with Gasteiger partial charge in [0, 0.05) is 32.2 Å². The summed E-state index contributed by atoms with van der Waals surface area (Å²) in [5.41, 5.74) is 8.58. The molecule has 0 unspecified atom stereocenters. The Morgan fingerprint density at radius 3 is 2.62 bits per heavy atom. The maximum absolute atomic E-state index is 12.4. The fraction of sp³-hybridized carbons (Fsp3) is 0.480. The Bertz CT molecular complexity index is 958. The van der Waals surface area contributed by atoms with Crippen molar-refractivity contribution in [2.24, 2.45) is 5.92 Å². The number of nitrogens with zero attached hydrogens (tertiary/aromatic N) is 2. The van der Waals surface area contributed by atoms with Crippen molar-refractivity contribution in [3.05, 3.63) is 47.0 Å². The third-order valence-corrected chi connectivity index (χ3v) is 5.85. The van der Waals surface area contributed by atoms with E-state index >= 15 is 0 Å². The molecular weight excluding hydrogens is 426 g/mol. The van der Waals surface area contributed by atoms with Crippen LogP contribution >= 0.6 is 11.6 Å². The summed E-state index contributed by atoms with van der Waals surface area (Å²) in [6.07, 6.45) is 1.79. The first-order valence-corrected chi connectivity index (χ1v) is 11.4. The van der Waals surface area contributed by atoms with Crippen LogP contribution in [0.4, 0.5) is 16.2 Å². The van der Waals surface area contributed by atoms with E-state index in [4.69, 9.17) is 26.8 Å². The number of carbonyl (C=O) groups excluding carboxylic acids is 1. The fourth-order valence-corrected chi connectivity index (χ4v) is 4.27. The van der Waals surface area contributed by atoms with Crippen LogP contribution in [-0.4, -0.2) is 43.3 Å². The number of benzene rings is 2. The van der Waals surface area contributed by atoms with E-state index in [2.05, 4.69) is 4.90 Å². The molecule has 0 spiro atoms. The van der Waals surface area contributed by atoms with Gasteiger partial charge in [0.05, 0.1) is 16.4 Å². The molecule has 1 atom stereocenters. The van der Waals surface area contributed by atoms with Gasteiger partial charge in [-0.15, -0.1) is 0 Å². The standard InChI is InChI=1S/C25H34ClN3O3/c1-17-21(31-22-11-7-6-10-19(22)26)13-12-20(27)23(17)29-14-8-9-18(16-29)15-28(5)24(30)32-25(2,3)4/h6-7,10-13,18H,8-9,14-16,27H2,1-5H3/t18-/m0/s1. The molecule has 0 radical (unpaired) electrons. The normalized spacial score (nSPS) is 16.6. The van der Waals surface area contributed by atoms with Crippen molar-refractivity contribution in [3.8, 4) is 11.5 Å². The van der Waals surface area contributed by atoms with Crippen LogP contribution in [0.25, 0.3) is 0 Å². The number of halogens is 1. The zero-order chi connectivity index (χ0) is 23.5. The molecule has 7 heteroatoms. The number of nitrogen functional groups attached to an aromatic ring is 1. The Kier molecular flexibility index (Phi) is 7.44. The highest BCUT2D eigenvalue weighted by Gasteiger charge is 2.27. The number of ether oxygens (including phenoxy) is 2. The lowest BCUT2D eigenvalue weighted by molar-refractivity contribution is 0.0269. The van der Waals surface area contributed by atoms with E-state index in [9.17, 15) is 4.79 Å². The molecule has 6 nitrogen and oxygen atoms in total. The number of hydrogen-bond acceptors (Lipinski definition) is 5. The zero-order valence-corrected chi connectivity index (χ0v) is 20.4. The number of piperidine rings is 1. The Morgan fingerprint density at radius 2 is 1.94 bits per heavy atom. The molecule has 1 aliphatic heterocycles. The maximum Gasteiger partial charge on any atom is 0.410 e. The second-order valence-corrected chi connectivity index (χ2v) is 9.88. The van der Waals surface area contributed by atoms with E-state index in [1.165, 1.54) is 0 Å². The van der Waals surface area contributed by atoms with Crippen LogP contribution < -0.4 is 15.4 Å². The van der Waals surface area contributed by atoms with Crippen molar-refractivity contribution in [2.45, 2.75) is 46.1 Å². The molecule has 1 aliphatic rings. The van der Waals surface area contributed by atoms with Gasteiger partial charge in [-0.05, 0) is 70.7 Å². The summed E-state index contributed by atoms with van der Waals surface area (Å²) >= 11 is 6.28. The second-order valence-electron chi connectivity index (χ2n) is 9.47. The number of nitrogens with two attached hydrogens (primary N) is 1. The van der Waals surface area contributed by atoms with Gasteiger partial charge in [0.2, 0.25) is 0 Å². The minimum atomic E-state index is -0.502. The van der Waals surface area contributed by atoms with Crippen LogP contribution in [-0.2, 0) is 4.74 Å². The van der Waals surface area contributed by atoms with Crippen LogP contribution in [0.1, 0.15) is 39.2 Å². The fourth-order valence-electron chi connectivity index (χ4n) is 4.10. The van der Waals surface area contributed by atoms with Crippen LogP contribution in [0.2, 0.25) is 5.02 Å². The van der Waals surface area contributed by atoms with E-state index in [0.717, 1.165) is 48.6 Å². The second kappa shape index (κ2) is 9.90. The Hall–Kier alpha value is -2.60. The minimum Gasteiger partial charge on any atom is -0.455 e. The summed E-state index contributed by atoms with van der Waals surface area (Å²) < 4.78 is 11.6. The summed E-state index contributed by atoms with van der Waals surface area (Å²) in [5, 5.41) is 0.563. The Labute approximate surface area is 196 Å². The number of para-hydroxylation sites is 1. The van der Waals surface area contributed by atoms with E-state index < -0.39 is 5.60 Å². The SMILES string of the molecule is Cc1c(Oc2ccccc2Cl)ccc(N)c1N1CCC[C@@H](CN(C)C(=O)OC(C)(C)C)C1. The third-order valence-electron chi connectivity index (χ3n) is 5.54. The molecule has 3 rings (SSSR count). The lowest BCUT2D eigenvalue weighted by Gasteiger charge is -2.37. The van der Waals surface area contributed by atoms with Gasteiger partial charge in [0.25, 0.3) is 0 Å². The van der Waals surface area contributed by atoms with Gasteiger partial charge in [-0.1, -0.05) is 23.7 Å². The van der Waals surface area contributed by atoms with Crippen molar-refractivity contribution in [1.29, 1.82) is 0 Å². The molecular formula is C25H34ClN3O3. The molecule has 1 heterocycles. The molecule has 174 valence electrons. The molecule has 2 N–H and O–H groups in total. The number of amides is 1. The van der Waals surface area contributed by atoms with Crippen molar-refractivity contribution < 1.29 is 14.3 Å². The first-order chi connectivity index (χ1) is 15.0. The van der Waals surface area contributed by atoms with E-state index in [-0.39, 0.29) is 6.09 Å². The van der Waals surface area contributed by atoms with Crippen LogP contribution in [0.5, 0.6) is 11.5 Å². The minimum absolute atomic E-state index is 0.291. The smallest absolute Gasteiger partial charge is 0.410 e. The molecule has 2 aromatic rings. The Morgan fingerprint density at radius 1 is 1.22 bits per heavy atom. The summed E-state index contributed by atoms with van der Waals surface area (Å²) in [6.45, 7) is 10.0. The van der Waals surface area contributed by atoms with Gasteiger partial charge in [-0.3, -0.25) is 0 Å². The largest absolute Gasteiger partial charge is 0.455 e. The summed E-state index contributed by atoms with van der Waals surface area (Å²) in [5.74, 6) is 1.67. The predicted molar refractivity (Wildman–Crippen MR) is 131 cm³/mol. The van der Waals surface area contributed by atoms with Gasteiger partial charge >= 0.3 is 6.09 Å². The van der Waals surface area contributed by atoms with Gasteiger partial charge in [0.15, 0.2) is 0 Å². The summed E-state index contributed by atoms with van der Waals surface area (Å²) in [4.78, 5) is 16.4. The third kappa shape index (κ3) is 6.00. The van der Waals surface area contributed by atoms with E-state index in [1.54, 1.807) is 18.0 Å². The zero-order valence-electron chi connectivity index (χ0n) is 19.7. The van der Waals surface area contributed by atoms with Crippen molar-refractivity contribution >= 4 is 29.1 Å². The molecule has 32 heavy (non-hydrogen) atoms. The topological polar surface area (TPSA) is 68.0 Å². The number of rotatable bonds is 5. The number of anilines is 2. The van der Waals surface area contributed by atoms with Gasteiger partial charge in [-0.2, -0.15) is 0 Å². The lowest BCUT2D eigenvalue weighted by atomic mass is 9.96.